The Morgan fingerprint density at radius 1 is 1.09 bits per heavy atom. The highest BCUT2D eigenvalue weighted by molar-refractivity contribution is 8.07. The number of imidazole rings is 1. The maximum absolute atomic E-state index is 13.5. The largest absolute Gasteiger partial charge is 0.474 e. The van der Waals surface area contributed by atoms with Gasteiger partial charge >= 0.3 is 19.5 Å². The van der Waals surface area contributed by atoms with Gasteiger partial charge in [-0.25, -0.2) is 19.7 Å². The first-order chi connectivity index (χ1) is 26.7. The number of hydrogen-bond donors (Lipinski definition) is 5. The Balaban J connectivity index is 1.14. The van der Waals surface area contributed by atoms with Crippen LogP contribution in [0.1, 0.15) is 35.0 Å². The zero-order valence-corrected chi connectivity index (χ0v) is 32.9. The third-order valence-corrected chi connectivity index (χ3v) is 12.4. The molecule has 9 atom stereocenters. The van der Waals surface area contributed by atoms with Crippen LogP contribution < -0.4 is 15.6 Å². The summed E-state index contributed by atoms with van der Waals surface area (Å²) in [6, 6.07) is 8.10. The van der Waals surface area contributed by atoms with E-state index in [4.69, 9.17) is 55.9 Å². The summed E-state index contributed by atoms with van der Waals surface area (Å²) in [5.74, 6) is -1.09. The van der Waals surface area contributed by atoms with Crippen LogP contribution in [0.15, 0.2) is 54.0 Å². The predicted octanol–water partition coefficient (Wildman–Crippen LogP) is 1.73. The first-order valence-electron chi connectivity index (χ1n) is 16.9. The molecule has 25 heteroatoms. The molecule has 56 heavy (non-hydrogen) atoms. The highest BCUT2D eigenvalue weighted by atomic mass is 32.5. The molecule has 3 aliphatic rings. The summed E-state index contributed by atoms with van der Waals surface area (Å²) in [5.41, 5.74) is -0.345. The minimum Gasteiger partial charge on any atom is -0.474 e. The maximum Gasteiger partial charge on any atom is 0.409 e. The minimum absolute atomic E-state index is 0.0401. The van der Waals surface area contributed by atoms with Crippen LogP contribution >= 0.6 is 13.4 Å². The standard InChI is InChI=1S/C31H36N8O13P2S2/c1-38(31(43)46-2)11-16-5-3-4-6-19(16)27(41)36-30-35-26-23(28(42)37-30)34-15-39(26)29-25-24(40)21(50-29)13-48-53(44,55)51-20-10-18(49-22-7-8-32-14-33-22)9-17(20)12-47-54(45,56)52-25/h3-8,14-15,17-18,20-21,24-25,29,40H,9-13H2,1-2H3,(H,44,55)(H,45,56)(H2,35,36,37,41,42)/t17-,18?,20+,21?,24-,25-,29-,53?,54?/m1/s1. The molecule has 5 N–H and O–H groups in total. The predicted molar refractivity (Wildman–Crippen MR) is 200 cm³/mol. The van der Waals surface area contributed by atoms with E-state index in [1.165, 1.54) is 48.5 Å². The van der Waals surface area contributed by atoms with Gasteiger partial charge < -0.3 is 47.6 Å². The van der Waals surface area contributed by atoms with Gasteiger partial charge in [-0.1, -0.05) is 18.2 Å². The summed E-state index contributed by atoms with van der Waals surface area (Å²) < 4.78 is 41.3. The fraction of sp³-hybridized carbons (Fsp3) is 0.452. The number of aromatic amines is 1. The lowest BCUT2D eigenvalue weighted by Gasteiger charge is -2.28. The topological polar surface area (TPSA) is 264 Å². The number of H-pyrrole nitrogens is 1. The number of carbonyl (C=O) groups is 2. The second-order valence-electron chi connectivity index (χ2n) is 13.0. The fourth-order valence-electron chi connectivity index (χ4n) is 6.60. The Hall–Kier alpha value is -3.83. The van der Waals surface area contributed by atoms with E-state index in [0.29, 0.717) is 17.9 Å². The van der Waals surface area contributed by atoms with Gasteiger partial charge in [-0.15, -0.1) is 0 Å². The monoisotopic (exact) mass is 854 g/mol. The number of nitrogens with zero attached hydrogens (tertiary/aromatic N) is 6. The number of benzene rings is 1. The number of methoxy groups -OCH3 is 1. The van der Waals surface area contributed by atoms with Gasteiger partial charge in [0.15, 0.2) is 17.4 Å². The van der Waals surface area contributed by atoms with Crippen molar-refractivity contribution in [1.29, 1.82) is 0 Å². The van der Waals surface area contributed by atoms with Crippen molar-refractivity contribution >= 4 is 66.2 Å². The molecule has 4 unspecified atom stereocenters. The van der Waals surface area contributed by atoms with Gasteiger partial charge in [-0.05, 0) is 41.7 Å². The van der Waals surface area contributed by atoms with E-state index in [9.17, 15) is 29.3 Å². The second kappa shape index (κ2) is 16.6. The van der Waals surface area contributed by atoms with Crippen LogP contribution in [0.3, 0.4) is 0 Å². The molecule has 2 aliphatic heterocycles. The Labute approximate surface area is 327 Å². The van der Waals surface area contributed by atoms with E-state index in [1.807, 2.05) is 0 Å². The first kappa shape index (κ1) is 40.4. The van der Waals surface area contributed by atoms with Crippen molar-refractivity contribution in [2.75, 3.05) is 32.7 Å². The molecular formula is C31H36N8O13P2S2. The van der Waals surface area contributed by atoms with Crippen molar-refractivity contribution in [3.8, 4) is 5.88 Å². The van der Waals surface area contributed by atoms with Gasteiger partial charge in [0.2, 0.25) is 11.8 Å². The summed E-state index contributed by atoms with van der Waals surface area (Å²) in [7, 11) is 2.74. The van der Waals surface area contributed by atoms with Gasteiger partial charge in [0, 0.05) is 43.8 Å². The van der Waals surface area contributed by atoms with E-state index in [0.717, 1.165) is 0 Å². The zero-order chi connectivity index (χ0) is 39.8. The van der Waals surface area contributed by atoms with Crippen molar-refractivity contribution in [3.63, 3.8) is 0 Å². The van der Waals surface area contributed by atoms with E-state index in [1.54, 1.807) is 24.3 Å². The van der Waals surface area contributed by atoms with Crippen LogP contribution in [0, 0.1) is 5.92 Å². The molecule has 0 radical (unpaired) electrons. The van der Waals surface area contributed by atoms with E-state index >= 15 is 0 Å². The number of aromatic nitrogens is 6. The number of fused-ring (bicyclic) bond motifs is 4. The number of aliphatic hydroxyl groups is 1. The molecular weight excluding hydrogens is 818 g/mol. The van der Waals surface area contributed by atoms with E-state index < -0.39 is 80.3 Å². The normalized spacial score (nSPS) is 30.7. The van der Waals surface area contributed by atoms with Crippen LogP contribution in [-0.4, -0.2) is 119 Å². The van der Waals surface area contributed by atoms with Crippen LogP contribution in [0.2, 0.25) is 0 Å². The average molecular weight is 855 g/mol. The number of nitrogens with one attached hydrogen (secondary N) is 2. The Kier molecular flexibility index (Phi) is 11.9. The Morgan fingerprint density at radius 2 is 1.86 bits per heavy atom. The molecule has 21 nitrogen and oxygen atoms in total. The van der Waals surface area contributed by atoms with E-state index in [2.05, 4.69) is 30.2 Å². The summed E-state index contributed by atoms with van der Waals surface area (Å²) in [6.45, 7) is -8.77. The lowest BCUT2D eigenvalue weighted by molar-refractivity contribution is -0.0511. The summed E-state index contributed by atoms with van der Waals surface area (Å²) in [4.78, 5) is 81.3. The molecule has 1 aromatic carbocycles. The van der Waals surface area contributed by atoms with Gasteiger partial charge in [0.25, 0.3) is 11.5 Å². The number of carbonyl (C=O) groups excluding carboxylic acids is 2. The molecule has 1 saturated carbocycles. The van der Waals surface area contributed by atoms with Gasteiger partial charge in [-0.3, -0.25) is 29.0 Å². The minimum atomic E-state index is -4.15. The van der Waals surface area contributed by atoms with Gasteiger partial charge in [0.1, 0.15) is 30.7 Å². The highest BCUT2D eigenvalue weighted by Gasteiger charge is 2.50. The summed E-state index contributed by atoms with van der Waals surface area (Å²) in [5, 5.41) is 14.0. The number of aliphatic hydroxyl groups excluding tert-OH is 1. The second-order valence-corrected chi connectivity index (χ2v) is 18.6. The number of anilines is 1. The van der Waals surface area contributed by atoms with E-state index in [-0.39, 0.29) is 42.2 Å². The van der Waals surface area contributed by atoms with Crippen molar-refractivity contribution in [2.24, 2.45) is 5.92 Å². The van der Waals surface area contributed by atoms with Crippen LogP contribution in [0.25, 0.3) is 11.2 Å². The molecule has 300 valence electrons. The van der Waals surface area contributed by atoms with Crippen LogP contribution in [0.5, 0.6) is 5.88 Å². The molecule has 1 aliphatic carbocycles. The van der Waals surface area contributed by atoms with Crippen molar-refractivity contribution in [2.45, 2.75) is 56.1 Å². The maximum atomic E-state index is 13.5. The van der Waals surface area contributed by atoms with Crippen LogP contribution in [0.4, 0.5) is 10.7 Å². The molecule has 7 rings (SSSR count). The van der Waals surface area contributed by atoms with Gasteiger partial charge in [-0.2, -0.15) is 4.98 Å². The lowest BCUT2D eigenvalue weighted by atomic mass is 10.1. The third-order valence-electron chi connectivity index (χ3n) is 9.21. The summed E-state index contributed by atoms with van der Waals surface area (Å²) in [6.07, 6.45) is -2.72. The molecule has 3 fully saturated rings. The fourth-order valence-corrected chi connectivity index (χ4v) is 9.56. The van der Waals surface area contributed by atoms with Crippen molar-refractivity contribution < 1.29 is 56.8 Å². The highest BCUT2D eigenvalue weighted by Crippen LogP contribution is 2.54. The molecule has 5 heterocycles. The average Bonchev–Trinajstić information content (AvgIpc) is 3.84. The molecule has 3 aromatic heterocycles. The first-order valence-corrected chi connectivity index (χ1v) is 22.1. The molecule has 2 amide bonds. The number of amides is 2. The smallest absolute Gasteiger partial charge is 0.409 e. The van der Waals surface area contributed by atoms with Gasteiger partial charge in [0.05, 0.1) is 32.8 Å². The number of hydrogen-bond acceptors (Lipinski definition) is 17. The van der Waals surface area contributed by atoms with Crippen LogP contribution in [-0.2, 0) is 57.7 Å². The molecule has 0 spiro atoms. The third kappa shape index (κ3) is 8.99. The molecule has 4 aromatic rings. The molecule has 2 bridgehead atoms. The van der Waals surface area contributed by atoms with Crippen molar-refractivity contribution in [3.05, 3.63) is 70.7 Å². The number of rotatable bonds is 7. The quantitative estimate of drug-likeness (QED) is 0.166. The Morgan fingerprint density at radius 3 is 2.62 bits per heavy atom. The SMILES string of the molecule is COC(=O)N(C)Cc1ccccc1C(=O)Nc1nc2c(ncn2[C@@H]2OC3COP(O)(=S)O[C@H]4CC(Oc5ccncn5)C[C@@H]4COP(O)(=S)O[C@@H]2[C@@H]3O)c(=O)[nH]1. The summed E-state index contributed by atoms with van der Waals surface area (Å²) >= 11 is 10.7. The zero-order valence-electron chi connectivity index (χ0n) is 29.5. The molecule has 2 saturated heterocycles. The van der Waals surface area contributed by atoms with Crippen molar-refractivity contribution in [1.82, 2.24) is 34.4 Å². The lowest BCUT2D eigenvalue weighted by Crippen LogP contribution is -2.35. The Bertz CT molecular complexity index is 2250. The number of ether oxygens (including phenoxy) is 3.